The van der Waals surface area contributed by atoms with Crippen molar-refractivity contribution < 1.29 is 23.8 Å². The van der Waals surface area contributed by atoms with Crippen molar-refractivity contribution in [2.45, 2.75) is 38.8 Å². The molecule has 0 spiro atoms. The number of methoxy groups -OCH3 is 2. The van der Waals surface area contributed by atoms with E-state index in [1.54, 1.807) is 52.0 Å². The molecule has 128 valence electrons. The molecule has 0 aliphatic rings. The van der Waals surface area contributed by atoms with Crippen LogP contribution in [-0.2, 0) is 19.8 Å². The topological polar surface area (TPSA) is 85.9 Å². The average molecular weight is 324 g/mol. The molecule has 0 aromatic heterocycles. The molecule has 1 rings (SSSR count). The monoisotopic (exact) mass is 324 g/mol. The first-order valence-electron chi connectivity index (χ1n) is 7.11. The van der Waals surface area contributed by atoms with Crippen LogP contribution in [0.1, 0.15) is 33.3 Å². The minimum atomic E-state index is -1.31. The summed E-state index contributed by atoms with van der Waals surface area (Å²) >= 11 is 0. The molecule has 1 unspecified atom stereocenters. The summed E-state index contributed by atoms with van der Waals surface area (Å²) in [7, 11) is 2.80. The number of ether oxygens (including phenoxy) is 3. The van der Waals surface area contributed by atoms with E-state index in [4.69, 9.17) is 14.2 Å². The Hall–Kier alpha value is -2.28. The molecule has 0 heterocycles. The van der Waals surface area contributed by atoms with E-state index in [0.29, 0.717) is 11.3 Å². The normalized spacial score (nSPS) is 13.7. The van der Waals surface area contributed by atoms with Gasteiger partial charge in [0.2, 0.25) is 0 Å². The van der Waals surface area contributed by atoms with Crippen molar-refractivity contribution in [3.8, 4) is 5.75 Å². The van der Waals surface area contributed by atoms with Crippen LogP contribution in [0.5, 0.6) is 5.75 Å². The van der Waals surface area contributed by atoms with Crippen LogP contribution in [0.25, 0.3) is 0 Å². The van der Waals surface area contributed by atoms with Crippen molar-refractivity contribution in [3.63, 3.8) is 0 Å². The maximum Gasteiger partial charge on any atom is 0.422 e. The van der Waals surface area contributed by atoms with Gasteiger partial charge in [0, 0.05) is 0 Å². The van der Waals surface area contributed by atoms with Gasteiger partial charge in [0.1, 0.15) is 11.4 Å². The second-order valence-corrected chi connectivity index (χ2v) is 6.10. The maximum absolute atomic E-state index is 12.2. The standard InChI is InChI=1S/C16H24N2O5/c1-15(2,3)23-14(20)17-18-16(4,13(19)22-6)11-8-7-9-12(10-11)21-5/h7-10,18H,1-6H3,(H,17,20). The van der Waals surface area contributed by atoms with Gasteiger partial charge in [-0.1, -0.05) is 12.1 Å². The lowest BCUT2D eigenvalue weighted by Crippen LogP contribution is -2.56. The summed E-state index contributed by atoms with van der Waals surface area (Å²) in [6.45, 7) is 6.82. The number of amides is 1. The maximum atomic E-state index is 12.2. The fourth-order valence-electron chi connectivity index (χ4n) is 1.86. The highest BCUT2D eigenvalue weighted by Gasteiger charge is 2.37. The van der Waals surface area contributed by atoms with Gasteiger partial charge in [-0.15, -0.1) is 0 Å². The van der Waals surface area contributed by atoms with Gasteiger partial charge in [0.25, 0.3) is 0 Å². The zero-order chi connectivity index (χ0) is 17.7. The summed E-state index contributed by atoms with van der Waals surface area (Å²) in [6.07, 6.45) is -0.699. The van der Waals surface area contributed by atoms with E-state index in [-0.39, 0.29) is 0 Å². The van der Waals surface area contributed by atoms with Gasteiger partial charge in [-0.25, -0.2) is 15.0 Å². The molecule has 1 amide bonds. The number of hydrogen-bond acceptors (Lipinski definition) is 6. The summed E-state index contributed by atoms with van der Waals surface area (Å²) in [4.78, 5) is 24.0. The van der Waals surface area contributed by atoms with Crippen molar-refractivity contribution in [1.29, 1.82) is 0 Å². The van der Waals surface area contributed by atoms with Crippen LogP contribution >= 0.6 is 0 Å². The highest BCUT2D eigenvalue weighted by atomic mass is 16.6. The summed E-state index contributed by atoms with van der Waals surface area (Å²) in [5, 5.41) is 0. The molecule has 23 heavy (non-hydrogen) atoms. The van der Waals surface area contributed by atoms with Crippen LogP contribution in [-0.4, -0.2) is 31.9 Å². The zero-order valence-electron chi connectivity index (χ0n) is 14.4. The van der Waals surface area contributed by atoms with E-state index in [1.165, 1.54) is 14.2 Å². The summed E-state index contributed by atoms with van der Waals surface area (Å²) < 4.78 is 15.1. The van der Waals surface area contributed by atoms with Crippen LogP contribution in [0.15, 0.2) is 24.3 Å². The van der Waals surface area contributed by atoms with E-state index < -0.39 is 23.2 Å². The molecule has 7 nitrogen and oxygen atoms in total. The van der Waals surface area contributed by atoms with Crippen LogP contribution in [0, 0.1) is 0 Å². The van der Waals surface area contributed by atoms with E-state index in [9.17, 15) is 9.59 Å². The molecule has 0 saturated carbocycles. The smallest absolute Gasteiger partial charge is 0.422 e. The highest BCUT2D eigenvalue weighted by Crippen LogP contribution is 2.25. The average Bonchev–Trinajstić information content (AvgIpc) is 2.50. The fourth-order valence-corrected chi connectivity index (χ4v) is 1.86. The Balaban J connectivity index is 2.99. The minimum absolute atomic E-state index is 0.568. The van der Waals surface area contributed by atoms with Crippen LogP contribution < -0.4 is 15.6 Å². The Bertz CT molecular complexity index is 568. The van der Waals surface area contributed by atoms with Gasteiger partial charge in [0.15, 0.2) is 5.54 Å². The highest BCUT2D eigenvalue weighted by molar-refractivity contribution is 5.82. The molecule has 1 aromatic rings. The Morgan fingerprint density at radius 1 is 1.09 bits per heavy atom. The van der Waals surface area contributed by atoms with Crippen molar-refractivity contribution in [2.24, 2.45) is 0 Å². The van der Waals surface area contributed by atoms with Crippen molar-refractivity contribution in [1.82, 2.24) is 10.9 Å². The molecular weight excluding hydrogens is 300 g/mol. The lowest BCUT2D eigenvalue weighted by molar-refractivity contribution is -0.148. The molecule has 0 bridgehead atoms. The first-order chi connectivity index (χ1) is 10.6. The van der Waals surface area contributed by atoms with Gasteiger partial charge < -0.3 is 14.2 Å². The van der Waals surface area contributed by atoms with Crippen molar-refractivity contribution >= 4 is 12.1 Å². The molecule has 0 aliphatic heterocycles. The molecular formula is C16H24N2O5. The molecule has 0 saturated heterocycles. The minimum Gasteiger partial charge on any atom is -0.497 e. The molecule has 0 radical (unpaired) electrons. The summed E-state index contributed by atoms with van der Waals surface area (Å²) in [5.74, 6) is 0.0125. The van der Waals surface area contributed by atoms with Crippen LogP contribution in [0.3, 0.4) is 0 Å². The zero-order valence-corrected chi connectivity index (χ0v) is 14.4. The van der Waals surface area contributed by atoms with Crippen molar-refractivity contribution in [2.75, 3.05) is 14.2 Å². The number of carbonyl (C=O) groups excluding carboxylic acids is 2. The summed E-state index contributed by atoms with van der Waals surface area (Å²) in [6, 6.07) is 6.90. The molecule has 0 fully saturated rings. The third-order valence-electron chi connectivity index (χ3n) is 3.05. The largest absolute Gasteiger partial charge is 0.497 e. The number of hydrogen-bond donors (Lipinski definition) is 2. The van der Waals surface area contributed by atoms with E-state index in [1.807, 2.05) is 0 Å². The van der Waals surface area contributed by atoms with Crippen LogP contribution in [0.2, 0.25) is 0 Å². The van der Waals surface area contributed by atoms with Gasteiger partial charge in [0.05, 0.1) is 14.2 Å². The molecule has 2 N–H and O–H groups in total. The SMILES string of the molecule is COC(=O)C(C)(NNC(=O)OC(C)(C)C)c1cccc(OC)c1. The van der Waals surface area contributed by atoms with Gasteiger partial charge in [-0.2, -0.15) is 0 Å². The van der Waals surface area contributed by atoms with E-state index in [0.717, 1.165) is 0 Å². The molecule has 1 aromatic carbocycles. The van der Waals surface area contributed by atoms with Gasteiger partial charge in [-0.05, 0) is 45.4 Å². The predicted octanol–water partition coefficient (Wildman–Crippen LogP) is 2.11. The van der Waals surface area contributed by atoms with Crippen molar-refractivity contribution in [3.05, 3.63) is 29.8 Å². The second-order valence-electron chi connectivity index (χ2n) is 6.10. The second kappa shape index (κ2) is 7.32. The van der Waals surface area contributed by atoms with E-state index in [2.05, 4.69) is 10.9 Å². The lowest BCUT2D eigenvalue weighted by atomic mass is 9.92. The third kappa shape index (κ3) is 5.14. The van der Waals surface area contributed by atoms with Gasteiger partial charge >= 0.3 is 12.1 Å². The number of nitrogens with one attached hydrogen (secondary N) is 2. The van der Waals surface area contributed by atoms with E-state index >= 15 is 0 Å². The number of carbonyl (C=O) groups is 2. The Morgan fingerprint density at radius 2 is 1.74 bits per heavy atom. The fraction of sp³-hybridized carbons (Fsp3) is 0.500. The first kappa shape index (κ1) is 18.8. The Kier molecular flexibility index (Phi) is 5.98. The molecule has 7 heteroatoms. The van der Waals surface area contributed by atoms with Crippen LogP contribution in [0.4, 0.5) is 4.79 Å². The molecule has 0 aliphatic carbocycles. The first-order valence-corrected chi connectivity index (χ1v) is 7.11. The summed E-state index contributed by atoms with van der Waals surface area (Å²) in [5.41, 5.74) is 3.67. The molecule has 1 atom stereocenters. The lowest BCUT2D eigenvalue weighted by Gasteiger charge is -2.29. The number of benzene rings is 1. The quantitative estimate of drug-likeness (QED) is 0.637. The number of rotatable bonds is 5. The third-order valence-corrected chi connectivity index (χ3v) is 3.05. The predicted molar refractivity (Wildman–Crippen MR) is 84.9 cm³/mol. The number of hydrazine groups is 1. The Labute approximate surface area is 136 Å². The number of esters is 1. The van der Waals surface area contributed by atoms with Gasteiger partial charge in [-0.3, -0.25) is 5.43 Å². The Morgan fingerprint density at radius 3 is 2.26 bits per heavy atom.